The van der Waals surface area contributed by atoms with E-state index in [1.54, 1.807) is 24.3 Å². The van der Waals surface area contributed by atoms with Crippen LogP contribution < -0.4 is 16.4 Å². The molecule has 0 fully saturated rings. The number of H-pyrrole nitrogens is 1. The average Bonchev–Trinajstić information content (AvgIpc) is 3.55. The van der Waals surface area contributed by atoms with E-state index < -0.39 is 21.9 Å². The fourth-order valence-electron chi connectivity index (χ4n) is 3.72. The molecule has 0 saturated heterocycles. The highest BCUT2D eigenvalue weighted by atomic mass is 32.2. The summed E-state index contributed by atoms with van der Waals surface area (Å²) in [7, 11) is -3.90. The van der Waals surface area contributed by atoms with Crippen molar-refractivity contribution in [2.75, 3.05) is 18.9 Å². The highest BCUT2D eigenvalue weighted by Crippen LogP contribution is 2.33. The number of aromatic nitrogens is 6. The summed E-state index contributed by atoms with van der Waals surface area (Å²) in [5, 5.41) is 17.3. The van der Waals surface area contributed by atoms with Crippen LogP contribution in [0.5, 0.6) is 0 Å². The molecule has 0 saturated carbocycles. The van der Waals surface area contributed by atoms with E-state index in [-0.39, 0.29) is 53.2 Å². The molecule has 0 atom stereocenters. The van der Waals surface area contributed by atoms with Crippen LogP contribution in [0.15, 0.2) is 70.6 Å². The Labute approximate surface area is 236 Å². The van der Waals surface area contributed by atoms with E-state index in [0.29, 0.717) is 11.2 Å². The number of halogens is 3. The Morgan fingerprint density at radius 1 is 1.10 bits per heavy atom. The standard InChI is InChI=1S/C17H14F3N3O2S.C8H11N5O3/c1-11-2-4-12(5-3-11)15-10-16(17(18,19)20)22-23(15)13-6-8-14(9-7-13)26(21,24)25;9-8-11-6-5(7(15)12-8)10-3-13(6)4-16-2-1-14/h2-10H,1H3,(H2,21,24,25);3,14H,1-2,4H2,(H3,9,11,12,15). The van der Waals surface area contributed by atoms with Crippen LogP contribution in [0.25, 0.3) is 28.1 Å². The number of benzene rings is 2. The first-order valence-electron chi connectivity index (χ1n) is 12.0. The van der Waals surface area contributed by atoms with Gasteiger partial charge in [-0.15, -0.1) is 0 Å². The van der Waals surface area contributed by atoms with Crippen LogP contribution in [0.2, 0.25) is 0 Å². The summed E-state index contributed by atoms with van der Waals surface area (Å²) in [4.78, 5) is 21.5. The molecular weight excluding hydrogens is 581 g/mol. The summed E-state index contributed by atoms with van der Waals surface area (Å²) in [5.41, 5.74) is 6.60. The second-order valence-electron chi connectivity index (χ2n) is 8.83. The number of nitrogen functional groups attached to an aromatic ring is 1. The van der Waals surface area contributed by atoms with Crippen molar-refractivity contribution in [3.63, 3.8) is 0 Å². The van der Waals surface area contributed by atoms with Gasteiger partial charge < -0.3 is 15.6 Å². The zero-order chi connectivity index (χ0) is 30.7. The number of sulfonamides is 1. The fraction of sp³-hybridized carbons (Fsp3) is 0.200. The van der Waals surface area contributed by atoms with Crippen molar-refractivity contribution >= 4 is 27.1 Å². The van der Waals surface area contributed by atoms with Gasteiger partial charge >= 0.3 is 6.18 Å². The van der Waals surface area contributed by atoms with Crippen molar-refractivity contribution in [3.05, 3.63) is 82.5 Å². The maximum absolute atomic E-state index is 13.1. The third-order valence-corrected chi connectivity index (χ3v) is 6.65. The number of nitrogens with zero attached hydrogens (tertiary/aromatic N) is 5. The number of ether oxygens (including phenoxy) is 1. The largest absolute Gasteiger partial charge is 0.435 e. The van der Waals surface area contributed by atoms with E-state index >= 15 is 0 Å². The first-order chi connectivity index (χ1) is 19.8. The maximum atomic E-state index is 13.1. The van der Waals surface area contributed by atoms with Crippen LogP contribution >= 0.6 is 0 Å². The minimum absolute atomic E-state index is 0.0291. The van der Waals surface area contributed by atoms with Gasteiger partial charge in [-0.1, -0.05) is 29.8 Å². The molecule has 0 bridgehead atoms. The lowest BCUT2D eigenvalue weighted by atomic mass is 10.1. The number of anilines is 1. The molecule has 3 heterocycles. The Morgan fingerprint density at radius 3 is 2.36 bits per heavy atom. The van der Waals surface area contributed by atoms with Crippen LogP contribution in [0.1, 0.15) is 11.3 Å². The summed E-state index contributed by atoms with van der Waals surface area (Å²) in [6.45, 7) is 2.17. The first kappa shape index (κ1) is 30.4. The molecule has 0 radical (unpaired) electrons. The summed E-state index contributed by atoms with van der Waals surface area (Å²) in [6.07, 6.45) is -3.17. The molecule has 0 aliphatic heterocycles. The minimum atomic E-state index is -4.61. The van der Waals surface area contributed by atoms with Gasteiger partial charge in [-0.3, -0.25) is 14.3 Å². The highest BCUT2D eigenvalue weighted by molar-refractivity contribution is 7.89. The Balaban J connectivity index is 0.000000216. The van der Waals surface area contributed by atoms with E-state index in [1.807, 2.05) is 6.92 Å². The monoisotopic (exact) mass is 606 g/mol. The van der Waals surface area contributed by atoms with Gasteiger partial charge in [0.15, 0.2) is 16.9 Å². The van der Waals surface area contributed by atoms with Gasteiger partial charge in [-0.2, -0.15) is 23.3 Å². The number of rotatable bonds is 7. The number of aliphatic hydroxyl groups is 1. The summed E-state index contributed by atoms with van der Waals surface area (Å²) in [6, 6.07) is 13.1. The number of nitrogens with two attached hydrogens (primary N) is 2. The van der Waals surface area contributed by atoms with E-state index in [1.165, 1.54) is 35.2 Å². The van der Waals surface area contributed by atoms with Crippen molar-refractivity contribution in [2.24, 2.45) is 5.14 Å². The van der Waals surface area contributed by atoms with Gasteiger partial charge in [0, 0.05) is 5.56 Å². The lowest BCUT2D eigenvalue weighted by Gasteiger charge is -2.09. The minimum Gasteiger partial charge on any atom is -0.394 e. The number of hydrogen-bond acceptors (Lipinski definition) is 9. The van der Waals surface area contributed by atoms with Gasteiger partial charge in [-0.25, -0.2) is 23.2 Å². The summed E-state index contributed by atoms with van der Waals surface area (Å²) in [5.74, 6) is 0.0291. The molecule has 5 rings (SSSR count). The van der Waals surface area contributed by atoms with Crippen LogP contribution in [-0.4, -0.2) is 56.0 Å². The predicted octanol–water partition coefficient (Wildman–Crippen LogP) is 2.18. The number of alkyl halides is 3. The topological polar surface area (TPSA) is 197 Å². The molecule has 6 N–H and O–H groups in total. The maximum Gasteiger partial charge on any atom is 0.435 e. The molecule has 17 heteroatoms. The Bertz CT molecular complexity index is 1850. The molecule has 13 nitrogen and oxygen atoms in total. The Hall–Kier alpha value is -4.58. The average molecular weight is 607 g/mol. The van der Waals surface area contributed by atoms with E-state index in [2.05, 4.69) is 20.1 Å². The number of aliphatic hydroxyl groups excluding tert-OH is 1. The van der Waals surface area contributed by atoms with E-state index in [9.17, 15) is 26.4 Å². The zero-order valence-corrected chi connectivity index (χ0v) is 22.7. The van der Waals surface area contributed by atoms with Crippen LogP contribution in [0, 0.1) is 6.92 Å². The van der Waals surface area contributed by atoms with Gasteiger partial charge in [0.1, 0.15) is 6.73 Å². The summed E-state index contributed by atoms with van der Waals surface area (Å²) >= 11 is 0. The number of hydrogen-bond donors (Lipinski definition) is 4. The van der Waals surface area contributed by atoms with E-state index in [4.69, 9.17) is 20.7 Å². The number of imidazole rings is 1. The van der Waals surface area contributed by atoms with E-state index in [0.717, 1.165) is 16.3 Å². The number of aryl methyl sites for hydroxylation is 1. The molecule has 42 heavy (non-hydrogen) atoms. The number of fused-ring (bicyclic) bond motifs is 1. The normalized spacial score (nSPS) is 11.9. The predicted molar refractivity (Wildman–Crippen MR) is 146 cm³/mol. The number of nitrogens with one attached hydrogen (secondary N) is 1. The van der Waals surface area contributed by atoms with Crippen molar-refractivity contribution in [3.8, 4) is 16.9 Å². The van der Waals surface area contributed by atoms with Gasteiger partial charge in [0.05, 0.1) is 35.8 Å². The molecule has 0 amide bonds. The molecule has 0 aliphatic rings. The third kappa shape index (κ3) is 7.00. The zero-order valence-electron chi connectivity index (χ0n) is 21.9. The lowest BCUT2D eigenvalue weighted by Crippen LogP contribution is -2.13. The smallest absolute Gasteiger partial charge is 0.394 e. The molecule has 222 valence electrons. The highest BCUT2D eigenvalue weighted by Gasteiger charge is 2.35. The molecule has 3 aromatic heterocycles. The SMILES string of the molecule is Cc1ccc(-c2cc(C(F)(F)F)nn2-c2ccc(S(N)(=O)=O)cc2)cc1.Nc1nc2c(ncn2COCCO)c(=O)[nH]1. The Kier molecular flexibility index (Phi) is 8.76. The molecule has 2 aromatic carbocycles. The van der Waals surface area contributed by atoms with Crippen molar-refractivity contribution in [1.82, 2.24) is 29.3 Å². The van der Waals surface area contributed by atoms with Crippen LogP contribution in [0.4, 0.5) is 19.1 Å². The Morgan fingerprint density at radius 2 is 1.76 bits per heavy atom. The fourth-order valence-corrected chi connectivity index (χ4v) is 4.23. The molecule has 0 unspecified atom stereocenters. The molecular formula is C25H25F3N8O5S. The number of aromatic amines is 1. The first-order valence-corrected chi connectivity index (χ1v) is 13.6. The van der Waals surface area contributed by atoms with Crippen molar-refractivity contribution in [1.29, 1.82) is 0 Å². The second kappa shape index (κ2) is 12.1. The quantitative estimate of drug-likeness (QED) is 0.201. The van der Waals surface area contributed by atoms with Crippen LogP contribution in [0.3, 0.4) is 0 Å². The molecule has 0 aliphatic carbocycles. The second-order valence-corrected chi connectivity index (χ2v) is 10.4. The number of primary sulfonamides is 1. The third-order valence-electron chi connectivity index (χ3n) is 5.72. The van der Waals surface area contributed by atoms with Crippen molar-refractivity contribution < 1.29 is 31.4 Å². The summed E-state index contributed by atoms with van der Waals surface area (Å²) < 4.78 is 69.8. The van der Waals surface area contributed by atoms with Crippen molar-refractivity contribution in [2.45, 2.75) is 24.7 Å². The van der Waals surface area contributed by atoms with Gasteiger partial charge in [0.2, 0.25) is 16.0 Å². The molecule has 5 aromatic rings. The lowest BCUT2D eigenvalue weighted by molar-refractivity contribution is -0.141. The van der Waals surface area contributed by atoms with Gasteiger partial charge in [0.25, 0.3) is 5.56 Å². The van der Waals surface area contributed by atoms with Crippen LogP contribution in [-0.2, 0) is 27.7 Å². The molecule has 0 spiro atoms. The van der Waals surface area contributed by atoms with Gasteiger partial charge in [-0.05, 0) is 37.3 Å².